The van der Waals surface area contributed by atoms with E-state index in [1.54, 1.807) is 0 Å². The summed E-state index contributed by atoms with van der Waals surface area (Å²) in [4.78, 5) is 11.6. The summed E-state index contributed by atoms with van der Waals surface area (Å²) in [5.41, 5.74) is 7.84. The van der Waals surface area contributed by atoms with Gasteiger partial charge in [-0.15, -0.1) is 11.8 Å². The monoisotopic (exact) mass is 518 g/mol. The van der Waals surface area contributed by atoms with E-state index in [1.165, 1.54) is 11.8 Å². The summed E-state index contributed by atoms with van der Waals surface area (Å²) in [5, 5.41) is 8.72. The van der Waals surface area contributed by atoms with Gasteiger partial charge in [-0.25, -0.2) is 0 Å². The van der Waals surface area contributed by atoms with Crippen LogP contribution >= 0.6 is 11.8 Å². The molecule has 0 spiro atoms. The van der Waals surface area contributed by atoms with Gasteiger partial charge in [0.15, 0.2) is 0 Å². The second-order valence-corrected chi connectivity index (χ2v) is 4.96. The molecular weight excluding hydrogens is 504 g/mol. The SMILES string of the molecule is CB1O[C@H](CN)c2cccc(SCC(=O)O)c21.[Rf]. The van der Waals surface area contributed by atoms with Gasteiger partial charge in [0.2, 0.25) is 0 Å². The van der Waals surface area contributed by atoms with E-state index >= 15 is 0 Å². The maximum Gasteiger partial charge on any atom is 0.325 e. The number of thioether (sulfide) groups is 1. The van der Waals surface area contributed by atoms with Crippen LogP contribution in [0.15, 0.2) is 23.1 Å². The van der Waals surface area contributed by atoms with Gasteiger partial charge in [0, 0.05) is 11.4 Å². The van der Waals surface area contributed by atoms with Crippen LogP contribution in [0.25, 0.3) is 0 Å². The molecule has 4 nitrogen and oxygen atoms in total. The first-order valence-corrected chi connectivity index (χ1v) is 6.45. The molecule has 92 valence electrons. The molecule has 2 rings (SSSR count). The number of fused-ring (bicyclic) bond motifs is 1. The van der Waals surface area contributed by atoms with E-state index in [0.717, 1.165) is 15.9 Å². The number of rotatable bonds is 4. The van der Waals surface area contributed by atoms with E-state index in [4.69, 9.17) is 15.5 Å². The summed E-state index contributed by atoms with van der Waals surface area (Å²) in [6.07, 6.45) is -0.0645. The topological polar surface area (TPSA) is 72.5 Å². The van der Waals surface area contributed by atoms with Crippen molar-refractivity contribution in [3.05, 3.63) is 23.8 Å². The van der Waals surface area contributed by atoms with Crippen molar-refractivity contribution in [2.75, 3.05) is 12.3 Å². The van der Waals surface area contributed by atoms with Crippen LogP contribution in [0, 0.1) is 0 Å². The second-order valence-electron chi connectivity index (χ2n) is 3.94. The van der Waals surface area contributed by atoms with Crippen LogP contribution in [0.1, 0.15) is 11.7 Å². The quantitative estimate of drug-likeness (QED) is 0.455. The predicted octanol–water partition coefficient (Wildman–Crippen LogP) is 0.722. The van der Waals surface area contributed by atoms with Crippen LogP contribution in [0.4, 0.5) is 0 Å². The summed E-state index contributed by atoms with van der Waals surface area (Å²) in [6.45, 7) is 2.40. The zero-order valence-corrected chi connectivity index (χ0v) is 17.5. The van der Waals surface area contributed by atoms with Gasteiger partial charge in [0.25, 0.3) is 0 Å². The average molecular weight is 518 g/mol. The Morgan fingerprint density at radius 1 is 1.61 bits per heavy atom. The molecule has 0 saturated heterocycles. The van der Waals surface area contributed by atoms with Crippen molar-refractivity contribution in [3.8, 4) is 0 Å². The number of carboxylic acid groups (broad SMARTS) is 1. The third-order valence-corrected chi connectivity index (χ3v) is 3.85. The van der Waals surface area contributed by atoms with E-state index < -0.39 is 5.97 Å². The van der Waals surface area contributed by atoms with E-state index in [2.05, 4.69) is 0 Å². The van der Waals surface area contributed by atoms with Crippen molar-refractivity contribution in [1.29, 1.82) is 0 Å². The van der Waals surface area contributed by atoms with Crippen LogP contribution in [-0.2, 0) is 9.45 Å². The zero-order chi connectivity index (χ0) is 12.4. The average Bonchev–Trinajstić information content (AvgIpc) is 2.64. The maximum atomic E-state index is 10.6. The normalized spacial score (nSPS) is 17.2. The van der Waals surface area contributed by atoms with Crippen LogP contribution < -0.4 is 11.2 Å². The first-order chi connectivity index (χ1) is 8.13. The molecule has 1 aromatic carbocycles. The second kappa shape index (κ2) is 5.57. The van der Waals surface area contributed by atoms with Crippen molar-refractivity contribution in [2.24, 2.45) is 5.73 Å². The first-order valence-electron chi connectivity index (χ1n) is 5.46. The fourth-order valence-corrected chi connectivity index (χ4v) is 3.01. The van der Waals surface area contributed by atoms with Crippen molar-refractivity contribution in [2.45, 2.75) is 17.8 Å². The van der Waals surface area contributed by atoms with Crippen molar-refractivity contribution < 1.29 is 14.6 Å². The number of carbonyl (C=O) groups is 1. The van der Waals surface area contributed by atoms with Crippen molar-refractivity contribution in [1.82, 2.24) is 0 Å². The van der Waals surface area contributed by atoms with Gasteiger partial charge in [0.05, 0.1) is 11.9 Å². The standard InChI is InChI=1S/C11H14BNO3S.Rf/c1-12-11-7(8(5-13)16-12)3-2-4-9(11)17-6-10(14)15;/h2-4,8H,5-6,13H2,1H3,(H,14,15);/t8-;/m1./s1. The molecule has 0 amide bonds. The first kappa shape index (κ1) is 14.1. The molecule has 0 bridgehead atoms. The molecule has 7 heteroatoms. The summed E-state index contributed by atoms with van der Waals surface area (Å²) in [6, 6.07) is 5.86. The number of carboxylic acids is 1. The van der Waals surface area contributed by atoms with Gasteiger partial charge in [0.1, 0.15) is 0 Å². The predicted molar refractivity (Wildman–Crippen MR) is 68.9 cm³/mol. The molecule has 18 heavy (non-hydrogen) atoms. The molecule has 1 aromatic rings. The minimum atomic E-state index is -0.811. The van der Waals surface area contributed by atoms with E-state index in [0.29, 0.717) is 6.54 Å². The van der Waals surface area contributed by atoms with Crippen LogP contribution in [-0.4, -0.2) is 30.3 Å². The Hall–Kier alpha value is -1.98. The zero-order valence-electron chi connectivity index (χ0n) is 10.3. The number of aliphatic carboxylic acids is 1. The minimum Gasteiger partial charge on any atom is -0.481 e. The molecule has 0 unspecified atom stereocenters. The Balaban J connectivity index is 0.00000162. The fourth-order valence-electron chi connectivity index (χ4n) is 2.11. The minimum absolute atomic E-state index is 0. The summed E-state index contributed by atoms with van der Waals surface area (Å²) >= 11 is 1.33. The van der Waals surface area contributed by atoms with Gasteiger partial charge in [-0.3, -0.25) is 4.79 Å². The van der Waals surface area contributed by atoms with Gasteiger partial charge in [-0.2, -0.15) is 0 Å². The fraction of sp³-hybridized carbons (Fsp3) is 0.364. The molecule has 0 radical (unpaired) electrons. The molecule has 1 aliphatic heterocycles. The van der Waals surface area contributed by atoms with E-state index in [-0.39, 0.29) is 18.8 Å². The van der Waals surface area contributed by atoms with E-state index in [9.17, 15) is 4.79 Å². The molecule has 3 N–H and O–H groups in total. The molecule has 1 aliphatic rings. The maximum absolute atomic E-state index is 10.6. The Kier molecular flexibility index (Phi) is 4.36. The van der Waals surface area contributed by atoms with Crippen molar-refractivity contribution in [3.63, 3.8) is 0 Å². The molecule has 0 saturated carbocycles. The molecule has 0 aromatic heterocycles. The number of hydrogen-bond donors (Lipinski definition) is 2. The third-order valence-electron chi connectivity index (χ3n) is 2.79. The van der Waals surface area contributed by atoms with Gasteiger partial charge >= 0.3 is 12.9 Å². The van der Waals surface area contributed by atoms with Crippen molar-refractivity contribution >= 4 is 30.1 Å². The number of nitrogens with two attached hydrogens (primary N) is 1. The third kappa shape index (κ3) is 2.47. The molecular formula is C11H14BNO3RfS. The summed E-state index contributed by atoms with van der Waals surface area (Å²) in [7, 11) is 0. The Morgan fingerprint density at radius 3 is 2.94 bits per heavy atom. The Labute approximate surface area is 105 Å². The van der Waals surface area contributed by atoms with Gasteiger partial charge in [-0.1, -0.05) is 19.0 Å². The number of hydrogen-bond acceptors (Lipinski definition) is 4. The van der Waals surface area contributed by atoms with Crippen LogP contribution in [0.2, 0.25) is 6.82 Å². The van der Waals surface area contributed by atoms with E-state index in [1.807, 2.05) is 25.0 Å². The largest absolute Gasteiger partial charge is 0.481 e. The Bertz CT molecular complexity index is 446. The molecule has 1 atom stereocenters. The molecule has 0 aliphatic carbocycles. The van der Waals surface area contributed by atoms with Crippen LogP contribution in [0.5, 0.6) is 0 Å². The molecule has 1 heterocycles. The number of benzene rings is 1. The molecule has 0 fully saturated rings. The smallest absolute Gasteiger partial charge is 0.325 e. The van der Waals surface area contributed by atoms with Crippen LogP contribution in [0.3, 0.4) is 0 Å². The Morgan fingerprint density at radius 2 is 2.33 bits per heavy atom. The van der Waals surface area contributed by atoms with Gasteiger partial charge in [-0.05, 0) is 17.1 Å². The summed E-state index contributed by atoms with van der Waals surface area (Å²) < 4.78 is 5.74. The summed E-state index contributed by atoms with van der Waals surface area (Å²) in [5.74, 6) is -0.745. The van der Waals surface area contributed by atoms with Gasteiger partial charge < -0.3 is 15.5 Å².